The highest BCUT2D eigenvalue weighted by atomic mass is 32.1. The SMILES string of the molecule is COc1ccc(C)cc1N1CC(C(=O)Nc2nc(-c3ccc4ccccc4c3)cs2)CC1=O. The molecule has 0 spiro atoms. The molecule has 3 aromatic carbocycles. The molecule has 4 aromatic rings. The first-order valence-corrected chi connectivity index (χ1v) is 11.6. The zero-order valence-corrected chi connectivity index (χ0v) is 19.2. The van der Waals surface area contributed by atoms with E-state index in [1.54, 1.807) is 12.0 Å². The lowest BCUT2D eigenvalue weighted by Crippen LogP contribution is -2.28. The molecule has 2 heterocycles. The Morgan fingerprint density at radius 1 is 1.12 bits per heavy atom. The highest BCUT2D eigenvalue weighted by Gasteiger charge is 2.36. The van der Waals surface area contributed by atoms with Gasteiger partial charge in [0.25, 0.3) is 0 Å². The smallest absolute Gasteiger partial charge is 0.231 e. The van der Waals surface area contributed by atoms with Crippen LogP contribution in [-0.4, -0.2) is 30.5 Å². The van der Waals surface area contributed by atoms with Gasteiger partial charge in [-0.05, 0) is 41.5 Å². The predicted molar refractivity (Wildman–Crippen MR) is 132 cm³/mol. The summed E-state index contributed by atoms with van der Waals surface area (Å²) < 4.78 is 5.42. The first-order valence-electron chi connectivity index (χ1n) is 10.7. The van der Waals surface area contributed by atoms with Crippen molar-refractivity contribution in [1.29, 1.82) is 0 Å². The molecule has 1 saturated heterocycles. The van der Waals surface area contributed by atoms with Gasteiger partial charge < -0.3 is 15.0 Å². The summed E-state index contributed by atoms with van der Waals surface area (Å²) in [6, 6.07) is 20.1. The third-order valence-electron chi connectivity index (χ3n) is 5.90. The number of aryl methyl sites for hydroxylation is 1. The van der Waals surface area contributed by atoms with E-state index < -0.39 is 5.92 Å². The van der Waals surface area contributed by atoms with Crippen molar-refractivity contribution in [3.05, 3.63) is 71.6 Å². The number of rotatable bonds is 5. The summed E-state index contributed by atoms with van der Waals surface area (Å²) in [5.41, 5.74) is 3.54. The van der Waals surface area contributed by atoms with Gasteiger partial charge in [0.1, 0.15) is 5.75 Å². The molecule has 0 saturated carbocycles. The van der Waals surface area contributed by atoms with Gasteiger partial charge in [-0.25, -0.2) is 4.98 Å². The normalized spacial score (nSPS) is 15.8. The van der Waals surface area contributed by atoms with Crippen molar-refractivity contribution in [2.24, 2.45) is 5.92 Å². The van der Waals surface area contributed by atoms with E-state index in [9.17, 15) is 9.59 Å². The Balaban J connectivity index is 1.30. The molecule has 0 bridgehead atoms. The Labute approximate surface area is 195 Å². The molecule has 1 aliphatic rings. The Morgan fingerprint density at radius 3 is 2.76 bits per heavy atom. The lowest BCUT2D eigenvalue weighted by atomic mass is 10.1. The van der Waals surface area contributed by atoms with Crippen LogP contribution in [-0.2, 0) is 9.59 Å². The van der Waals surface area contributed by atoms with Crippen LogP contribution >= 0.6 is 11.3 Å². The Kier molecular flexibility index (Phi) is 5.56. The van der Waals surface area contributed by atoms with Crippen LogP contribution in [0.1, 0.15) is 12.0 Å². The van der Waals surface area contributed by atoms with E-state index in [-0.39, 0.29) is 18.2 Å². The fourth-order valence-electron chi connectivity index (χ4n) is 4.15. The van der Waals surface area contributed by atoms with E-state index >= 15 is 0 Å². The van der Waals surface area contributed by atoms with Crippen LogP contribution in [0.2, 0.25) is 0 Å². The molecular weight excluding hydrogens is 434 g/mol. The second-order valence-electron chi connectivity index (χ2n) is 8.17. The Bertz CT molecular complexity index is 1360. The van der Waals surface area contributed by atoms with Crippen molar-refractivity contribution in [2.45, 2.75) is 13.3 Å². The highest BCUT2D eigenvalue weighted by Crippen LogP contribution is 2.34. The van der Waals surface area contributed by atoms with Crippen LogP contribution in [0.15, 0.2) is 66.0 Å². The summed E-state index contributed by atoms with van der Waals surface area (Å²) in [6.45, 7) is 2.27. The van der Waals surface area contributed by atoms with E-state index in [1.807, 2.05) is 48.7 Å². The van der Waals surface area contributed by atoms with Gasteiger partial charge in [-0.1, -0.05) is 42.5 Å². The average Bonchev–Trinajstić information content (AvgIpc) is 3.45. The third-order valence-corrected chi connectivity index (χ3v) is 6.66. The molecule has 6 nitrogen and oxygen atoms in total. The van der Waals surface area contributed by atoms with Crippen molar-refractivity contribution in [2.75, 3.05) is 23.9 Å². The minimum Gasteiger partial charge on any atom is -0.495 e. The summed E-state index contributed by atoms with van der Waals surface area (Å²) in [7, 11) is 1.58. The molecule has 5 rings (SSSR count). The number of ether oxygens (including phenoxy) is 1. The maximum absolute atomic E-state index is 12.9. The van der Waals surface area contributed by atoms with Gasteiger partial charge in [-0.3, -0.25) is 9.59 Å². The number of fused-ring (bicyclic) bond motifs is 1. The maximum Gasteiger partial charge on any atom is 0.231 e. The minimum absolute atomic E-state index is 0.0879. The molecule has 1 N–H and O–H groups in total. The van der Waals surface area contributed by atoms with Crippen molar-refractivity contribution in [3.63, 3.8) is 0 Å². The number of methoxy groups -OCH3 is 1. The van der Waals surface area contributed by atoms with Crippen molar-refractivity contribution < 1.29 is 14.3 Å². The number of hydrogen-bond acceptors (Lipinski definition) is 5. The number of amides is 2. The van der Waals surface area contributed by atoms with Crippen molar-refractivity contribution in [3.8, 4) is 17.0 Å². The van der Waals surface area contributed by atoms with Crippen LogP contribution < -0.4 is 15.0 Å². The molecule has 166 valence electrons. The lowest BCUT2D eigenvalue weighted by molar-refractivity contribution is -0.122. The summed E-state index contributed by atoms with van der Waals surface area (Å²) >= 11 is 1.38. The molecule has 1 aromatic heterocycles. The molecule has 1 unspecified atom stereocenters. The Hall–Kier alpha value is -3.71. The quantitative estimate of drug-likeness (QED) is 0.443. The Morgan fingerprint density at radius 2 is 1.94 bits per heavy atom. The average molecular weight is 458 g/mol. The van der Waals surface area contributed by atoms with Gasteiger partial charge in [0.2, 0.25) is 11.8 Å². The summed E-state index contributed by atoms with van der Waals surface area (Å²) in [4.78, 5) is 31.9. The topological polar surface area (TPSA) is 71.5 Å². The second kappa shape index (κ2) is 8.67. The summed E-state index contributed by atoms with van der Waals surface area (Å²) in [5, 5.41) is 7.68. The number of nitrogens with zero attached hydrogens (tertiary/aromatic N) is 2. The zero-order valence-electron chi connectivity index (χ0n) is 18.4. The largest absolute Gasteiger partial charge is 0.495 e. The van der Waals surface area contributed by atoms with Crippen LogP contribution in [0.3, 0.4) is 0 Å². The number of carbonyl (C=O) groups excluding carboxylic acids is 2. The fraction of sp³-hybridized carbons (Fsp3) is 0.192. The highest BCUT2D eigenvalue weighted by molar-refractivity contribution is 7.14. The molecule has 7 heteroatoms. The number of hydrogen-bond donors (Lipinski definition) is 1. The van der Waals surface area contributed by atoms with Crippen LogP contribution in [0.4, 0.5) is 10.8 Å². The number of anilines is 2. The van der Waals surface area contributed by atoms with E-state index in [4.69, 9.17) is 4.74 Å². The molecule has 2 amide bonds. The standard InChI is InChI=1S/C26H23N3O3S/c1-16-7-10-23(32-2)22(11-16)29-14-20(13-24(29)30)25(31)28-26-27-21(15-33-26)19-9-8-17-5-3-4-6-18(17)12-19/h3-12,15,20H,13-14H2,1-2H3,(H,27,28,31). The molecule has 1 aliphatic heterocycles. The first-order chi connectivity index (χ1) is 16.0. The lowest BCUT2D eigenvalue weighted by Gasteiger charge is -2.20. The van der Waals surface area contributed by atoms with Gasteiger partial charge in [0, 0.05) is 23.9 Å². The maximum atomic E-state index is 12.9. The number of benzene rings is 3. The molecule has 1 fully saturated rings. The van der Waals surface area contributed by atoms with E-state index in [0.29, 0.717) is 23.1 Å². The molecule has 33 heavy (non-hydrogen) atoms. The van der Waals surface area contributed by atoms with E-state index in [1.165, 1.54) is 16.7 Å². The molecule has 0 radical (unpaired) electrons. The molecular formula is C26H23N3O3S. The van der Waals surface area contributed by atoms with Crippen LogP contribution in [0.5, 0.6) is 5.75 Å². The van der Waals surface area contributed by atoms with Gasteiger partial charge in [0.05, 0.1) is 24.4 Å². The zero-order chi connectivity index (χ0) is 22.9. The molecule has 1 atom stereocenters. The van der Waals surface area contributed by atoms with Gasteiger partial charge in [0.15, 0.2) is 5.13 Å². The van der Waals surface area contributed by atoms with Crippen LogP contribution in [0, 0.1) is 12.8 Å². The van der Waals surface area contributed by atoms with Gasteiger partial charge in [-0.15, -0.1) is 11.3 Å². The van der Waals surface area contributed by atoms with E-state index in [2.05, 4.69) is 34.6 Å². The first kappa shape index (κ1) is 21.2. The van der Waals surface area contributed by atoms with E-state index in [0.717, 1.165) is 22.2 Å². The predicted octanol–water partition coefficient (Wildman–Crippen LogP) is 5.27. The summed E-state index contributed by atoms with van der Waals surface area (Å²) in [6.07, 6.45) is 0.159. The van der Waals surface area contributed by atoms with Gasteiger partial charge in [-0.2, -0.15) is 0 Å². The van der Waals surface area contributed by atoms with Crippen molar-refractivity contribution in [1.82, 2.24) is 4.98 Å². The number of thiazole rings is 1. The second-order valence-corrected chi connectivity index (χ2v) is 9.03. The monoisotopic (exact) mass is 457 g/mol. The number of aromatic nitrogens is 1. The summed E-state index contributed by atoms with van der Waals surface area (Å²) in [5.74, 6) is -0.113. The fourth-order valence-corrected chi connectivity index (χ4v) is 4.87. The minimum atomic E-state index is -0.448. The third kappa shape index (κ3) is 4.19. The van der Waals surface area contributed by atoms with Gasteiger partial charge >= 0.3 is 0 Å². The number of carbonyl (C=O) groups is 2. The van der Waals surface area contributed by atoms with Crippen molar-refractivity contribution >= 4 is 44.7 Å². The molecule has 0 aliphatic carbocycles. The van der Waals surface area contributed by atoms with Crippen LogP contribution in [0.25, 0.3) is 22.0 Å². The number of nitrogens with one attached hydrogen (secondary N) is 1.